The molecule has 2 aromatic rings. The molecule has 5 heteroatoms. The summed E-state index contributed by atoms with van der Waals surface area (Å²) in [5.74, 6) is -0.950. The summed E-state index contributed by atoms with van der Waals surface area (Å²) in [7, 11) is 0. The van der Waals surface area contributed by atoms with E-state index in [1.54, 1.807) is 0 Å². The molecule has 1 aliphatic heterocycles. The molecular weight excluding hydrogens is 226 g/mol. The molecule has 17 heavy (non-hydrogen) atoms. The Bertz CT molecular complexity index is 508. The molecule has 0 spiro atoms. The lowest BCUT2D eigenvalue weighted by Gasteiger charge is -2.19. The molecule has 0 unspecified atom stereocenters. The van der Waals surface area contributed by atoms with Crippen molar-refractivity contribution in [2.45, 2.75) is 18.8 Å². The average Bonchev–Trinajstić information content (AvgIpc) is 2.74. The second-order valence-electron chi connectivity index (χ2n) is 4.31. The number of rotatable bonds is 1. The number of nitrogens with one attached hydrogen (secondary N) is 1. The van der Waals surface area contributed by atoms with Gasteiger partial charge in [0.1, 0.15) is 5.52 Å². The van der Waals surface area contributed by atoms with Gasteiger partial charge in [-0.25, -0.2) is 13.8 Å². The van der Waals surface area contributed by atoms with Crippen LogP contribution in [0.5, 0.6) is 0 Å². The normalized spacial score (nSPS) is 17.8. The average molecular weight is 238 g/mol. The van der Waals surface area contributed by atoms with E-state index < -0.39 is 11.6 Å². The second-order valence-corrected chi connectivity index (χ2v) is 4.31. The zero-order chi connectivity index (χ0) is 11.8. The molecule has 1 aliphatic rings. The molecule has 0 atom stereocenters. The van der Waals surface area contributed by atoms with Gasteiger partial charge in [-0.3, -0.25) is 0 Å². The van der Waals surface area contributed by atoms with Crippen LogP contribution < -0.4 is 5.32 Å². The van der Waals surface area contributed by atoms with Crippen LogP contribution in [0.1, 0.15) is 24.7 Å². The van der Waals surface area contributed by atoms with E-state index in [2.05, 4.69) is 10.3 Å². The molecule has 3 nitrogen and oxygen atoms in total. The molecule has 90 valence electrons. The standard InChI is InChI=1S/C12H12F2N2O/c13-8-5-10-11(6-9(8)14)17-12(16-10)7-1-3-15-4-2-7/h5-7,15H,1-4H2. The molecule has 1 fully saturated rings. The molecule has 0 saturated carbocycles. The minimum Gasteiger partial charge on any atom is -0.440 e. The summed E-state index contributed by atoms with van der Waals surface area (Å²) >= 11 is 0. The monoisotopic (exact) mass is 238 g/mol. The van der Waals surface area contributed by atoms with Crippen LogP contribution in [0.15, 0.2) is 16.5 Å². The highest BCUT2D eigenvalue weighted by molar-refractivity contribution is 5.72. The number of fused-ring (bicyclic) bond motifs is 1. The Balaban J connectivity index is 2.00. The Morgan fingerprint density at radius 1 is 1.18 bits per heavy atom. The van der Waals surface area contributed by atoms with Crippen molar-refractivity contribution in [3.8, 4) is 0 Å². The van der Waals surface area contributed by atoms with Gasteiger partial charge in [-0.2, -0.15) is 0 Å². The van der Waals surface area contributed by atoms with Crippen LogP contribution in [0, 0.1) is 11.6 Å². The number of aromatic nitrogens is 1. The van der Waals surface area contributed by atoms with E-state index in [-0.39, 0.29) is 5.92 Å². The van der Waals surface area contributed by atoms with Gasteiger partial charge in [-0.1, -0.05) is 0 Å². The molecule has 0 radical (unpaired) electrons. The molecule has 2 heterocycles. The Kier molecular flexibility index (Phi) is 2.55. The molecule has 1 N–H and O–H groups in total. The van der Waals surface area contributed by atoms with Gasteiger partial charge in [0.2, 0.25) is 0 Å². The molecular formula is C12H12F2N2O. The molecule has 3 rings (SSSR count). The highest BCUT2D eigenvalue weighted by atomic mass is 19.2. The van der Waals surface area contributed by atoms with Crippen molar-refractivity contribution in [3.63, 3.8) is 0 Å². The number of benzene rings is 1. The number of hydrogen-bond donors (Lipinski definition) is 1. The first-order valence-corrected chi connectivity index (χ1v) is 5.70. The van der Waals surface area contributed by atoms with Crippen molar-refractivity contribution in [3.05, 3.63) is 29.7 Å². The lowest BCUT2D eigenvalue weighted by molar-refractivity contribution is 0.385. The van der Waals surface area contributed by atoms with Gasteiger partial charge in [0.25, 0.3) is 0 Å². The molecule has 0 amide bonds. The first-order valence-electron chi connectivity index (χ1n) is 5.70. The fraction of sp³-hybridized carbons (Fsp3) is 0.417. The second kappa shape index (κ2) is 4.07. The summed E-state index contributed by atoms with van der Waals surface area (Å²) in [6, 6.07) is 2.14. The molecule has 1 aromatic heterocycles. The number of halogens is 2. The quantitative estimate of drug-likeness (QED) is 0.829. The van der Waals surface area contributed by atoms with E-state index in [4.69, 9.17) is 4.42 Å². The summed E-state index contributed by atoms with van der Waals surface area (Å²) in [5.41, 5.74) is 0.704. The summed E-state index contributed by atoms with van der Waals surface area (Å²) in [6.45, 7) is 1.85. The van der Waals surface area contributed by atoms with Crippen molar-refractivity contribution < 1.29 is 13.2 Å². The highest BCUT2D eigenvalue weighted by Gasteiger charge is 2.21. The van der Waals surface area contributed by atoms with Crippen LogP contribution in [0.3, 0.4) is 0 Å². The van der Waals surface area contributed by atoms with Crippen LogP contribution >= 0.6 is 0 Å². The van der Waals surface area contributed by atoms with Gasteiger partial charge in [-0.05, 0) is 25.9 Å². The van der Waals surface area contributed by atoms with Crippen LogP contribution in [0.4, 0.5) is 8.78 Å². The number of oxazole rings is 1. The van der Waals surface area contributed by atoms with Gasteiger partial charge >= 0.3 is 0 Å². The summed E-state index contributed by atoms with van der Waals surface area (Å²) in [4.78, 5) is 4.24. The number of nitrogens with zero attached hydrogens (tertiary/aromatic N) is 1. The van der Waals surface area contributed by atoms with Crippen LogP contribution in [0.2, 0.25) is 0 Å². The van der Waals surface area contributed by atoms with Crippen molar-refractivity contribution in [2.75, 3.05) is 13.1 Å². The van der Waals surface area contributed by atoms with E-state index in [1.807, 2.05) is 0 Å². The van der Waals surface area contributed by atoms with E-state index in [0.29, 0.717) is 17.0 Å². The molecule has 1 saturated heterocycles. The van der Waals surface area contributed by atoms with Crippen molar-refractivity contribution in [1.82, 2.24) is 10.3 Å². The maximum Gasteiger partial charge on any atom is 0.198 e. The van der Waals surface area contributed by atoms with E-state index >= 15 is 0 Å². The van der Waals surface area contributed by atoms with Gasteiger partial charge < -0.3 is 9.73 Å². The van der Waals surface area contributed by atoms with Gasteiger partial charge in [-0.15, -0.1) is 0 Å². The largest absolute Gasteiger partial charge is 0.440 e. The zero-order valence-corrected chi connectivity index (χ0v) is 9.17. The Morgan fingerprint density at radius 2 is 1.88 bits per heavy atom. The topological polar surface area (TPSA) is 38.1 Å². The number of piperidine rings is 1. The Hall–Kier alpha value is -1.49. The highest BCUT2D eigenvalue weighted by Crippen LogP contribution is 2.28. The third-order valence-corrected chi connectivity index (χ3v) is 3.14. The zero-order valence-electron chi connectivity index (χ0n) is 9.17. The van der Waals surface area contributed by atoms with Crippen molar-refractivity contribution in [2.24, 2.45) is 0 Å². The predicted molar refractivity (Wildman–Crippen MR) is 58.8 cm³/mol. The molecule has 0 aliphatic carbocycles. The third-order valence-electron chi connectivity index (χ3n) is 3.14. The predicted octanol–water partition coefficient (Wildman–Crippen LogP) is 2.57. The molecule has 0 bridgehead atoms. The Labute approximate surface area is 96.8 Å². The van der Waals surface area contributed by atoms with Crippen molar-refractivity contribution in [1.29, 1.82) is 0 Å². The lowest BCUT2D eigenvalue weighted by Crippen LogP contribution is -2.26. The van der Waals surface area contributed by atoms with Crippen molar-refractivity contribution >= 4 is 11.1 Å². The van der Waals surface area contributed by atoms with Gasteiger partial charge in [0, 0.05) is 18.1 Å². The molecule has 1 aromatic carbocycles. The minimum absolute atomic E-state index is 0.245. The van der Waals surface area contributed by atoms with Crippen LogP contribution in [0.25, 0.3) is 11.1 Å². The maximum atomic E-state index is 13.0. The summed E-state index contributed by atoms with van der Waals surface area (Å²) in [5, 5.41) is 3.25. The van der Waals surface area contributed by atoms with E-state index in [9.17, 15) is 8.78 Å². The summed E-state index contributed by atoms with van der Waals surface area (Å²) in [6.07, 6.45) is 1.88. The fourth-order valence-electron chi connectivity index (χ4n) is 2.18. The first kappa shape index (κ1) is 10.7. The summed E-state index contributed by atoms with van der Waals surface area (Å²) < 4.78 is 31.6. The SMILES string of the molecule is Fc1cc2nc(C3CCNCC3)oc2cc1F. The Morgan fingerprint density at radius 3 is 2.65 bits per heavy atom. The van der Waals surface area contributed by atoms with Crippen LogP contribution in [-0.2, 0) is 0 Å². The van der Waals surface area contributed by atoms with Gasteiger partial charge in [0.05, 0.1) is 0 Å². The van der Waals surface area contributed by atoms with E-state index in [0.717, 1.165) is 38.1 Å². The minimum atomic E-state index is -0.898. The van der Waals surface area contributed by atoms with E-state index in [1.165, 1.54) is 0 Å². The number of hydrogen-bond acceptors (Lipinski definition) is 3. The lowest BCUT2D eigenvalue weighted by atomic mass is 9.98. The van der Waals surface area contributed by atoms with Gasteiger partial charge in [0.15, 0.2) is 23.1 Å². The smallest absolute Gasteiger partial charge is 0.198 e. The fourth-order valence-corrected chi connectivity index (χ4v) is 2.18. The maximum absolute atomic E-state index is 13.0. The first-order chi connectivity index (χ1) is 8.24. The van der Waals surface area contributed by atoms with Crippen LogP contribution in [-0.4, -0.2) is 18.1 Å². The third kappa shape index (κ3) is 1.91.